The summed E-state index contributed by atoms with van der Waals surface area (Å²) in [5, 5.41) is 3.52. The van der Waals surface area contributed by atoms with Gasteiger partial charge in [0.05, 0.1) is 6.61 Å². The smallest absolute Gasteiger partial charge is 0.123 e. The first kappa shape index (κ1) is 19.5. The minimum atomic E-state index is 0.821. The summed E-state index contributed by atoms with van der Waals surface area (Å²) in [7, 11) is 0. The molecule has 0 aliphatic rings. The molecule has 2 nitrogen and oxygen atoms in total. The molecule has 1 N–H and O–H groups in total. The highest BCUT2D eigenvalue weighted by molar-refractivity contribution is 5.33. The molecule has 0 saturated carbocycles. The number of rotatable bonds is 12. The van der Waals surface area contributed by atoms with Gasteiger partial charge < -0.3 is 10.1 Å². The van der Waals surface area contributed by atoms with Crippen molar-refractivity contribution in [2.24, 2.45) is 0 Å². The second kappa shape index (κ2) is 11.7. The Morgan fingerprint density at radius 3 is 2.32 bits per heavy atom. The second-order valence-electron chi connectivity index (χ2n) is 6.81. The average Bonchev–Trinajstić information content (AvgIpc) is 2.64. The molecular weight excluding hydrogens is 306 g/mol. The fourth-order valence-electron chi connectivity index (χ4n) is 2.90. The number of para-hydroxylation sites is 1. The standard InChI is InChI=1S/C23H33NO/c1-3-4-5-6-7-10-17-25-23-12-9-8-11-22(23)19-24-18-21-15-13-20(2)14-16-21/h8-9,11-16,24H,3-7,10,17-19H2,1-2H3. The van der Waals surface area contributed by atoms with Gasteiger partial charge >= 0.3 is 0 Å². The molecule has 0 aliphatic heterocycles. The number of nitrogens with one attached hydrogen (secondary N) is 1. The van der Waals surface area contributed by atoms with Crippen LogP contribution in [0.15, 0.2) is 48.5 Å². The van der Waals surface area contributed by atoms with Gasteiger partial charge in [-0.05, 0) is 25.0 Å². The summed E-state index contributed by atoms with van der Waals surface area (Å²) in [6.07, 6.45) is 7.77. The monoisotopic (exact) mass is 339 g/mol. The van der Waals surface area contributed by atoms with Gasteiger partial charge in [-0.3, -0.25) is 0 Å². The van der Waals surface area contributed by atoms with Crippen LogP contribution in [0.4, 0.5) is 0 Å². The van der Waals surface area contributed by atoms with E-state index in [0.717, 1.165) is 31.9 Å². The first-order valence-corrected chi connectivity index (χ1v) is 9.76. The summed E-state index contributed by atoms with van der Waals surface area (Å²) >= 11 is 0. The summed E-state index contributed by atoms with van der Waals surface area (Å²) in [5.41, 5.74) is 3.86. The zero-order valence-corrected chi connectivity index (χ0v) is 15.9. The van der Waals surface area contributed by atoms with Crippen molar-refractivity contribution < 1.29 is 4.74 Å². The Morgan fingerprint density at radius 1 is 0.800 bits per heavy atom. The van der Waals surface area contributed by atoms with Crippen LogP contribution in [0.3, 0.4) is 0 Å². The summed E-state index contributed by atoms with van der Waals surface area (Å²) in [6.45, 7) is 6.91. The van der Waals surface area contributed by atoms with Gasteiger partial charge in [0.1, 0.15) is 5.75 Å². The van der Waals surface area contributed by atoms with Crippen molar-refractivity contribution in [1.29, 1.82) is 0 Å². The first-order chi connectivity index (χ1) is 12.3. The van der Waals surface area contributed by atoms with Crippen LogP contribution in [0.2, 0.25) is 0 Å². The van der Waals surface area contributed by atoms with Crippen molar-refractivity contribution in [3.05, 3.63) is 65.2 Å². The van der Waals surface area contributed by atoms with Crippen LogP contribution < -0.4 is 10.1 Å². The Hall–Kier alpha value is -1.80. The number of benzene rings is 2. The summed E-state index contributed by atoms with van der Waals surface area (Å²) in [6, 6.07) is 17.1. The van der Waals surface area contributed by atoms with Crippen molar-refractivity contribution >= 4 is 0 Å². The molecule has 2 aromatic rings. The van der Waals surface area contributed by atoms with Gasteiger partial charge in [0, 0.05) is 18.7 Å². The maximum Gasteiger partial charge on any atom is 0.123 e. The van der Waals surface area contributed by atoms with Gasteiger partial charge in [0.15, 0.2) is 0 Å². The van der Waals surface area contributed by atoms with E-state index in [1.807, 2.05) is 0 Å². The molecule has 136 valence electrons. The molecule has 2 aromatic carbocycles. The quantitative estimate of drug-likeness (QED) is 0.477. The molecule has 0 atom stereocenters. The molecule has 2 rings (SSSR count). The van der Waals surface area contributed by atoms with Gasteiger partial charge in [-0.15, -0.1) is 0 Å². The minimum Gasteiger partial charge on any atom is -0.493 e. The number of ether oxygens (including phenoxy) is 1. The van der Waals surface area contributed by atoms with E-state index in [1.54, 1.807) is 0 Å². The number of hydrogen-bond acceptors (Lipinski definition) is 2. The highest BCUT2D eigenvalue weighted by atomic mass is 16.5. The fourth-order valence-corrected chi connectivity index (χ4v) is 2.90. The molecule has 0 heterocycles. The van der Waals surface area contributed by atoms with Crippen LogP contribution in [0.25, 0.3) is 0 Å². The lowest BCUT2D eigenvalue weighted by Crippen LogP contribution is -2.13. The summed E-state index contributed by atoms with van der Waals surface area (Å²) in [5.74, 6) is 1.02. The highest BCUT2D eigenvalue weighted by Crippen LogP contribution is 2.18. The van der Waals surface area contributed by atoms with Gasteiger partial charge in [0.2, 0.25) is 0 Å². The molecule has 0 amide bonds. The van der Waals surface area contributed by atoms with E-state index in [0.29, 0.717) is 0 Å². The molecule has 0 aliphatic carbocycles. The molecule has 0 spiro atoms. The highest BCUT2D eigenvalue weighted by Gasteiger charge is 2.03. The predicted octanol–water partition coefficient (Wildman–Crippen LogP) is 6.02. The van der Waals surface area contributed by atoms with Crippen LogP contribution in [0, 0.1) is 6.92 Å². The Bertz CT molecular complexity index is 591. The molecule has 0 aromatic heterocycles. The van der Waals surface area contributed by atoms with Crippen molar-refractivity contribution in [3.8, 4) is 5.75 Å². The normalized spacial score (nSPS) is 10.8. The van der Waals surface area contributed by atoms with Crippen LogP contribution >= 0.6 is 0 Å². The number of hydrogen-bond donors (Lipinski definition) is 1. The van der Waals surface area contributed by atoms with E-state index in [-0.39, 0.29) is 0 Å². The Kier molecular flexibility index (Phi) is 9.14. The Morgan fingerprint density at radius 2 is 1.52 bits per heavy atom. The summed E-state index contributed by atoms with van der Waals surface area (Å²) in [4.78, 5) is 0. The SMILES string of the molecule is CCCCCCCCOc1ccccc1CNCc1ccc(C)cc1. The van der Waals surface area contributed by atoms with Crippen LogP contribution in [-0.2, 0) is 13.1 Å². The van der Waals surface area contributed by atoms with Crippen molar-refractivity contribution in [2.75, 3.05) is 6.61 Å². The van der Waals surface area contributed by atoms with Gasteiger partial charge in [0.25, 0.3) is 0 Å². The zero-order valence-electron chi connectivity index (χ0n) is 15.9. The number of unbranched alkanes of at least 4 members (excludes halogenated alkanes) is 5. The molecular formula is C23H33NO. The van der Waals surface area contributed by atoms with E-state index in [9.17, 15) is 0 Å². The van der Waals surface area contributed by atoms with Crippen molar-refractivity contribution in [3.63, 3.8) is 0 Å². The molecule has 0 unspecified atom stereocenters. The minimum absolute atomic E-state index is 0.821. The third-order valence-corrected chi connectivity index (χ3v) is 4.49. The van der Waals surface area contributed by atoms with Crippen LogP contribution in [-0.4, -0.2) is 6.61 Å². The van der Waals surface area contributed by atoms with Gasteiger partial charge in [-0.1, -0.05) is 87.1 Å². The molecule has 0 fully saturated rings. The molecule has 0 saturated heterocycles. The number of aryl methyl sites for hydroxylation is 1. The lowest BCUT2D eigenvalue weighted by atomic mass is 10.1. The maximum atomic E-state index is 6.02. The van der Waals surface area contributed by atoms with Gasteiger partial charge in [-0.25, -0.2) is 0 Å². The Labute approximate surface area is 153 Å². The molecule has 0 radical (unpaired) electrons. The molecule has 25 heavy (non-hydrogen) atoms. The zero-order chi connectivity index (χ0) is 17.7. The van der Waals surface area contributed by atoms with E-state index < -0.39 is 0 Å². The Balaban J connectivity index is 1.71. The lowest BCUT2D eigenvalue weighted by molar-refractivity contribution is 0.300. The van der Waals surface area contributed by atoms with Crippen molar-refractivity contribution in [2.45, 2.75) is 65.5 Å². The average molecular weight is 340 g/mol. The third kappa shape index (κ3) is 7.74. The van der Waals surface area contributed by atoms with Crippen LogP contribution in [0.5, 0.6) is 5.75 Å². The predicted molar refractivity (Wildman–Crippen MR) is 107 cm³/mol. The van der Waals surface area contributed by atoms with E-state index in [1.165, 1.54) is 48.8 Å². The van der Waals surface area contributed by atoms with Crippen LogP contribution in [0.1, 0.15) is 62.1 Å². The maximum absolute atomic E-state index is 6.02. The first-order valence-electron chi connectivity index (χ1n) is 9.76. The lowest BCUT2D eigenvalue weighted by Gasteiger charge is -2.12. The van der Waals surface area contributed by atoms with Gasteiger partial charge in [-0.2, -0.15) is 0 Å². The third-order valence-electron chi connectivity index (χ3n) is 4.49. The molecule has 2 heteroatoms. The van der Waals surface area contributed by atoms with Crippen molar-refractivity contribution in [1.82, 2.24) is 5.32 Å². The topological polar surface area (TPSA) is 21.3 Å². The second-order valence-corrected chi connectivity index (χ2v) is 6.81. The van der Waals surface area contributed by atoms with E-state index in [4.69, 9.17) is 4.74 Å². The molecule has 0 bridgehead atoms. The summed E-state index contributed by atoms with van der Waals surface area (Å²) < 4.78 is 6.02. The largest absolute Gasteiger partial charge is 0.493 e. The fraction of sp³-hybridized carbons (Fsp3) is 0.478. The van der Waals surface area contributed by atoms with E-state index in [2.05, 4.69) is 67.7 Å². The van der Waals surface area contributed by atoms with E-state index >= 15 is 0 Å².